The van der Waals surface area contributed by atoms with E-state index in [0.29, 0.717) is 0 Å². The molecule has 0 spiro atoms. The molecule has 0 aromatic heterocycles. The van der Waals surface area contributed by atoms with Gasteiger partial charge in [-0.15, -0.1) is 0 Å². The van der Waals surface area contributed by atoms with Crippen LogP contribution in [0.4, 0.5) is 4.39 Å². The predicted molar refractivity (Wildman–Crippen MR) is 49.2 cm³/mol. The Bertz CT molecular complexity index is 321. The fourth-order valence-corrected chi connectivity index (χ4v) is 1.08. The van der Waals surface area contributed by atoms with Crippen LogP contribution in [0.5, 0.6) is 5.75 Å². The van der Waals surface area contributed by atoms with Gasteiger partial charge in [-0.25, -0.2) is 4.39 Å². The van der Waals surface area contributed by atoms with E-state index < -0.39 is 11.8 Å². The van der Waals surface area contributed by atoms with Crippen molar-refractivity contribution in [1.82, 2.24) is 0 Å². The van der Waals surface area contributed by atoms with Crippen LogP contribution >= 0.6 is 11.6 Å². The first-order valence-corrected chi connectivity index (χ1v) is 4.26. The van der Waals surface area contributed by atoms with Gasteiger partial charge in [-0.3, -0.25) is 4.79 Å². The van der Waals surface area contributed by atoms with Gasteiger partial charge in [0.05, 0.1) is 13.0 Å². The molecule has 0 saturated carbocycles. The van der Waals surface area contributed by atoms with E-state index in [4.69, 9.17) is 21.4 Å². The SMILES string of the molecule is O=C(O)CCOc1cc(F)cc(Cl)c1. The summed E-state index contributed by atoms with van der Waals surface area (Å²) in [6, 6.07) is 3.71. The zero-order valence-corrected chi connectivity index (χ0v) is 7.92. The summed E-state index contributed by atoms with van der Waals surface area (Å²) < 4.78 is 17.7. The molecule has 0 aliphatic heterocycles. The second-order valence-electron chi connectivity index (χ2n) is 2.60. The maximum Gasteiger partial charge on any atom is 0.306 e. The van der Waals surface area contributed by atoms with Crippen molar-refractivity contribution in [3.05, 3.63) is 29.0 Å². The molecule has 0 bridgehead atoms. The van der Waals surface area contributed by atoms with Crippen molar-refractivity contribution in [2.75, 3.05) is 6.61 Å². The minimum atomic E-state index is -0.965. The molecule has 76 valence electrons. The van der Waals surface area contributed by atoms with Crippen LogP contribution in [-0.2, 0) is 4.79 Å². The molecule has 0 atom stereocenters. The predicted octanol–water partition coefficient (Wildman–Crippen LogP) is 2.33. The lowest BCUT2D eigenvalue weighted by Crippen LogP contribution is -2.04. The van der Waals surface area contributed by atoms with Crippen LogP contribution in [0.3, 0.4) is 0 Å². The topological polar surface area (TPSA) is 46.5 Å². The number of hydrogen-bond acceptors (Lipinski definition) is 2. The van der Waals surface area contributed by atoms with Gasteiger partial charge in [0.1, 0.15) is 11.6 Å². The number of hydrogen-bond donors (Lipinski definition) is 1. The second kappa shape index (κ2) is 4.81. The lowest BCUT2D eigenvalue weighted by molar-refractivity contribution is -0.137. The molecule has 0 aliphatic carbocycles. The molecule has 0 amide bonds. The highest BCUT2D eigenvalue weighted by atomic mass is 35.5. The summed E-state index contributed by atoms with van der Waals surface area (Å²) in [5, 5.41) is 8.54. The third kappa shape index (κ3) is 3.62. The molecule has 0 saturated heterocycles. The second-order valence-corrected chi connectivity index (χ2v) is 3.03. The molecule has 14 heavy (non-hydrogen) atoms. The maximum atomic E-state index is 12.7. The summed E-state index contributed by atoms with van der Waals surface area (Å²) in [7, 11) is 0. The minimum absolute atomic E-state index is 0.00485. The number of ether oxygens (including phenoxy) is 1. The molecule has 0 aliphatic rings. The molecule has 1 aromatic rings. The fraction of sp³-hybridized carbons (Fsp3) is 0.222. The van der Waals surface area contributed by atoms with Crippen molar-refractivity contribution in [1.29, 1.82) is 0 Å². The number of carboxylic acid groups (broad SMARTS) is 1. The Labute approximate surface area is 85.1 Å². The van der Waals surface area contributed by atoms with Crippen molar-refractivity contribution in [3.8, 4) is 5.75 Å². The lowest BCUT2D eigenvalue weighted by Gasteiger charge is -2.04. The van der Waals surface area contributed by atoms with E-state index in [1.165, 1.54) is 6.07 Å². The van der Waals surface area contributed by atoms with Crippen LogP contribution in [0.1, 0.15) is 6.42 Å². The smallest absolute Gasteiger partial charge is 0.306 e. The minimum Gasteiger partial charge on any atom is -0.493 e. The van der Waals surface area contributed by atoms with Gasteiger partial charge in [0.25, 0.3) is 0 Å². The molecular formula is C9H8ClFO3. The Hall–Kier alpha value is -1.29. The van der Waals surface area contributed by atoms with Crippen LogP contribution < -0.4 is 4.74 Å². The summed E-state index contributed by atoms with van der Waals surface area (Å²) in [6.07, 6.45) is -0.131. The zero-order chi connectivity index (χ0) is 10.6. The first-order valence-electron chi connectivity index (χ1n) is 3.88. The van der Waals surface area contributed by atoms with Crippen LogP contribution in [-0.4, -0.2) is 17.7 Å². The third-order valence-electron chi connectivity index (χ3n) is 1.42. The van der Waals surface area contributed by atoms with Gasteiger partial charge in [0, 0.05) is 11.1 Å². The van der Waals surface area contributed by atoms with Crippen molar-refractivity contribution in [2.45, 2.75) is 6.42 Å². The van der Waals surface area contributed by atoms with E-state index in [2.05, 4.69) is 0 Å². The summed E-state index contributed by atoms with van der Waals surface area (Å²) in [5.41, 5.74) is 0. The maximum absolute atomic E-state index is 12.7. The zero-order valence-electron chi connectivity index (χ0n) is 7.17. The van der Waals surface area contributed by atoms with Gasteiger partial charge >= 0.3 is 5.97 Å². The highest BCUT2D eigenvalue weighted by Crippen LogP contribution is 2.19. The average Bonchev–Trinajstić information content (AvgIpc) is 2.01. The molecule has 0 unspecified atom stereocenters. The summed E-state index contributed by atoms with van der Waals surface area (Å²) in [4.78, 5) is 10.1. The highest BCUT2D eigenvalue weighted by Gasteiger charge is 2.01. The van der Waals surface area contributed by atoms with E-state index in [1.807, 2.05) is 0 Å². The normalized spacial score (nSPS) is 9.86. The van der Waals surface area contributed by atoms with Crippen LogP contribution in [0.25, 0.3) is 0 Å². The number of benzene rings is 1. The van der Waals surface area contributed by atoms with Crippen molar-refractivity contribution < 1.29 is 19.0 Å². The molecule has 1 aromatic carbocycles. The van der Waals surface area contributed by atoms with Crippen LogP contribution in [0, 0.1) is 5.82 Å². The summed E-state index contributed by atoms with van der Waals surface area (Å²) >= 11 is 5.56. The van der Waals surface area contributed by atoms with Crippen molar-refractivity contribution >= 4 is 17.6 Å². The van der Waals surface area contributed by atoms with E-state index >= 15 is 0 Å². The first kappa shape index (κ1) is 10.8. The number of rotatable bonds is 4. The monoisotopic (exact) mass is 218 g/mol. The summed E-state index contributed by atoms with van der Waals surface area (Å²) in [6.45, 7) is -0.00485. The Morgan fingerprint density at radius 1 is 1.50 bits per heavy atom. The molecule has 5 heteroatoms. The van der Waals surface area contributed by atoms with Gasteiger partial charge in [0.2, 0.25) is 0 Å². The Balaban J connectivity index is 2.54. The van der Waals surface area contributed by atoms with Gasteiger partial charge in [0.15, 0.2) is 0 Å². The van der Waals surface area contributed by atoms with Crippen molar-refractivity contribution in [3.63, 3.8) is 0 Å². The van der Waals surface area contributed by atoms with E-state index in [1.54, 1.807) is 0 Å². The average molecular weight is 219 g/mol. The molecule has 1 rings (SSSR count). The van der Waals surface area contributed by atoms with Crippen LogP contribution in [0.2, 0.25) is 5.02 Å². The van der Waals surface area contributed by atoms with Crippen molar-refractivity contribution in [2.24, 2.45) is 0 Å². The molecule has 1 N–H and O–H groups in total. The molecular weight excluding hydrogens is 211 g/mol. The molecule has 0 radical (unpaired) electrons. The van der Waals surface area contributed by atoms with Gasteiger partial charge in [-0.1, -0.05) is 11.6 Å². The number of aliphatic carboxylic acids is 1. The highest BCUT2D eigenvalue weighted by molar-refractivity contribution is 6.30. The Morgan fingerprint density at radius 3 is 2.79 bits per heavy atom. The quantitative estimate of drug-likeness (QED) is 0.844. The van der Waals surface area contributed by atoms with E-state index in [0.717, 1.165) is 12.1 Å². The Kier molecular flexibility index (Phi) is 3.71. The van der Waals surface area contributed by atoms with Gasteiger partial charge in [-0.2, -0.15) is 0 Å². The van der Waals surface area contributed by atoms with Gasteiger partial charge < -0.3 is 9.84 Å². The van der Waals surface area contributed by atoms with Crippen LogP contribution in [0.15, 0.2) is 18.2 Å². The van der Waals surface area contributed by atoms with E-state index in [-0.39, 0.29) is 23.8 Å². The lowest BCUT2D eigenvalue weighted by atomic mass is 10.3. The van der Waals surface area contributed by atoms with Gasteiger partial charge in [-0.05, 0) is 12.1 Å². The largest absolute Gasteiger partial charge is 0.493 e. The Morgan fingerprint density at radius 2 is 2.21 bits per heavy atom. The standard InChI is InChI=1S/C9H8ClFO3/c10-6-3-7(11)5-8(4-6)14-2-1-9(12)13/h3-5H,1-2H2,(H,12,13). The number of carboxylic acids is 1. The first-order chi connectivity index (χ1) is 6.58. The third-order valence-corrected chi connectivity index (χ3v) is 1.64. The molecule has 0 fully saturated rings. The summed E-state index contributed by atoms with van der Waals surface area (Å²) in [5.74, 6) is -1.24. The number of carbonyl (C=O) groups is 1. The molecule has 3 nitrogen and oxygen atoms in total. The fourth-order valence-electron chi connectivity index (χ4n) is 0.868. The van der Waals surface area contributed by atoms with E-state index in [9.17, 15) is 9.18 Å². The molecule has 0 heterocycles. The number of halogens is 2.